The van der Waals surface area contributed by atoms with Crippen LogP contribution in [0.4, 0.5) is 11.4 Å². The zero-order valence-electron chi connectivity index (χ0n) is 21.8. The number of carbonyl (C=O) groups is 3. The molecule has 4 aromatic carbocycles. The number of thioether (sulfide) groups is 1. The van der Waals surface area contributed by atoms with Crippen molar-refractivity contribution in [2.24, 2.45) is 0 Å². The molecule has 0 saturated heterocycles. The molecular formula is C32H25Cl2N3O3S. The molecule has 0 fully saturated rings. The molecule has 0 radical (unpaired) electrons. The molecule has 9 heteroatoms. The third-order valence-corrected chi connectivity index (χ3v) is 7.97. The van der Waals surface area contributed by atoms with Crippen molar-refractivity contribution in [1.82, 2.24) is 5.32 Å². The highest BCUT2D eigenvalue weighted by Gasteiger charge is 2.24. The first-order valence-electron chi connectivity index (χ1n) is 12.8. The van der Waals surface area contributed by atoms with Crippen molar-refractivity contribution in [1.29, 1.82) is 0 Å². The second-order valence-corrected chi connectivity index (χ2v) is 11.1. The van der Waals surface area contributed by atoms with Crippen molar-refractivity contribution in [2.75, 3.05) is 22.5 Å². The number of anilines is 2. The first-order chi connectivity index (χ1) is 19.9. The van der Waals surface area contributed by atoms with E-state index < -0.39 is 11.8 Å². The fourth-order valence-electron chi connectivity index (χ4n) is 4.40. The normalized spacial score (nSPS) is 12.5. The van der Waals surface area contributed by atoms with Crippen LogP contribution < -0.4 is 15.5 Å². The number of fused-ring (bicyclic) bond motifs is 1. The first-order valence-corrected chi connectivity index (χ1v) is 14.6. The van der Waals surface area contributed by atoms with Gasteiger partial charge >= 0.3 is 0 Å². The molecule has 0 spiro atoms. The highest BCUT2D eigenvalue weighted by molar-refractivity contribution is 8.00. The van der Waals surface area contributed by atoms with Crippen molar-refractivity contribution in [3.05, 3.63) is 129 Å². The largest absolute Gasteiger partial charge is 0.321 e. The topological polar surface area (TPSA) is 78.5 Å². The van der Waals surface area contributed by atoms with Gasteiger partial charge in [0.25, 0.3) is 11.8 Å². The monoisotopic (exact) mass is 601 g/mol. The third-order valence-electron chi connectivity index (χ3n) is 6.43. The van der Waals surface area contributed by atoms with Crippen LogP contribution >= 0.6 is 35.0 Å². The van der Waals surface area contributed by atoms with Crippen LogP contribution in [-0.4, -0.2) is 30.0 Å². The number of para-hydroxylation sites is 1. The van der Waals surface area contributed by atoms with E-state index in [1.165, 1.54) is 23.4 Å². The number of hydrogen-bond donors (Lipinski definition) is 2. The molecule has 0 atom stereocenters. The van der Waals surface area contributed by atoms with Gasteiger partial charge < -0.3 is 15.5 Å². The summed E-state index contributed by atoms with van der Waals surface area (Å²) in [6.07, 6.45) is 2.35. The summed E-state index contributed by atoms with van der Waals surface area (Å²) in [6.45, 7) is 0.677. The second kappa shape index (κ2) is 13.1. The Balaban J connectivity index is 1.30. The minimum Gasteiger partial charge on any atom is -0.321 e. The Morgan fingerprint density at radius 3 is 2.46 bits per heavy atom. The summed E-state index contributed by atoms with van der Waals surface area (Å²) in [5.41, 5.74) is 3.58. The van der Waals surface area contributed by atoms with E-state index in [-0.39, 0.29) is 17.4 Å². The van der Waals surface area contributed by atoms with Gasteiger partial charge in [-0.25, -0.2) is 0 Å². The Morgan fingerprint density at radius 1 is 0.878 bits per heavy atom. The van der Waals surface area contributed by atoms with Gasteiger partial charge in [0.2, 0.25) is 5.91 Å². The standard InChI is InChI=1S/C32H25Cl2N3O3S/c33-24-14-13-23(27(34)18-24)17-28(36-31(39)22-8-2-1-3-9-22)32(40)35-25-10-6-11-26(19-25)41-20-30(38)37-16-15-21-7-4-5-12-29(21)37/h1-14,17-19H,15-16,20H2,(H,35,40)(H,36,39)/b28-17-. The smallest absolute Gasteiger partial charge is 0.272 e. The highest BCUT2D eigenvalue weighted by Crippen LogP contribution is 2.30. The molecule has 0 aromatic heterocycles. The number of nitrogens with zero attached hydrogens (tertiary/aromatic N) is 1. The van der Waals surface area contributed by atoms with E-state index in [1.807, 2.05) is 35.2 Å². The summed E-state index contributed by atoms with van der Waals surface area (Å²) in [5.74, 6) is -0.683. The van der Waals surface area contributed by atoms with Crippen molar-refractivity contribution in [3.8, 4) is 0 Å². The van der Waals surface area contributed by atoms with Crippen molar-refractivity contribution < 1.29 is 14.4 Å². The van der Waals surface area contributed by atoms with Crippen LogP contribution in [0.25, 0.3) is 6.08 Å². The zero-order chi connectivity index (χ0) is 28.8. The van der Waals surface area contributed by atoms with Gasteiger partial charge in [-0.15, -0.1) is 11.8 Å². The average Bonchev–Trinajstić information content (AvgIpc) is 3.42. The molecule has 3 amide bonds. The minimum atomic E-state index is -0.535. The molecule has 206 valence electrons. The average molecular weight is 603 g/mol. The van der Waals surface area contributed by atoms with Crippen molar-refractivity contribution in [2.45, 2.75) is 11.3 Å². The van der Waals surface area contributed by atoms with E-state index in [1.54, 1.807) is 66.7 Å². The fraction of sp³-hybridized carbons (Fsp3) is 0.0938. The predicted molar refractivity (Wildman–Crippen MR) is 167 cm³/mol. The van der Waals surface area contributed by atoms with Gasteiger partial charge in [0, 0.05) is 38.4 Å². The maximum atomic E-state index is 13.4. The Hall–Kier alpha value is -4.04. The van der Waals surface area contributed by atoms with Crippen LogP contribution in [0.1, 0.15) is 21.5 Å². The van der Waals surface area contributed by atoms with Gasteiger partial charge in [-0.1, -0.05) is 71.7 Å². The minimum absolute atomic E-state index is 0.00371. The van der Waals surface area contributed by atoms with Gasteiger partial charge in [-0.2, -0.15) is 0 Å². The summed E-state index contributed by atoms with van der Waals surface area (Å²) in [7, 11) is 0. The summed E-state index contributed by atoms with van der Waals surface area (Å²) < 4.78 is 0. The van der Waals surface area contributed by atoms with Crippen LogP contribution in [0.15, 0.2) is 108 Å². The van der Waals surface area contributed by atoms with Crippen LogP contribution in [0.2, 0.25) is 10.0 Å². The summed E-state index contributed by atoms with van der Waals surface area (Å²) in [5, 5.41) is 6.33. The van der Waals surface area contributed by atoms with Gasteiger partial charge in [0.1, 0.15) is 5.70 Å². The molecule has 2 N–H and O–H groups in total. The summed E-state index contributed by atoms with van der Waals surface area (Å²) >= 11 is 13.8. The van der Waals surface area contributed by atoms with E-state index in [0.29, 0.717) is 33.4 Å². The number of benzene rings is 4. The molecule has 6 nitrogen and oxygen atoms in total. The van der Waals surface area contributed by atoms with Crippen LogP contribution in [-0.2, 0) is 16.0 Å². The molecule has 1 heterocycles. The third kappa shape index (κ3) is 7.19. The van der Waals surface area contributed by atoms with E-state index in [9.17, 15) is 14.4 Å². The Bertz CT molecular complexity index is 1640. The van der Waals surface area contributed by atoms with E-state index in [2.05, 4.69) is 10.6 Å². The second-order valence-electron chi connectivity index (χ2n) is 9.24. The molecule has 41 heavy (non-hydrogen) atoms. The number of halogens is 2. The number of nitrogens with one attached hydrogen (secondary N) is 2. The van der Waals surface area contributed by atoms with Gasteiger partial charge in [0.05, 0.1) is 5.75 Å². The SMILES string of the molecule is O=C(Nc1cccc(SCC(=O)N2CCc3ccccc32)c1)/C(=C/c1ccc(Cl)cc1Cl)NC(=O)c1ccccc1. The zero-order valence-corrected chi connectivity index (χ0v) is 24.1. The molecule has 1 aliphatic rings. The molecule has 0 aliphatic carbocycles. The number of rotatable bonds is 8. The summed E-state index contributed by atoms with van der Waals surface area (Å²) in [6, 6.07) is 28.6. The molecule has 0 bridgehead atoms. The van der Waals surface area contributed by atoms with E-state index in [4.69, 9.17) is 23.2 Å². The first kappa shape index (κ1) is 28.5. The number of carbonyl (C=O) groups excluding carboxylic acids is 3. The Kier molecular flexibility index (Phi) is 9.09. The molecule has 1 aliphatic heterocycles. The van der Waals surface area contributed by atoms with Gasteiger partial charge in [-0.05, 0) is 72.2 Å². The lowest BCUT2D eigenvalue weighted by molar-refractivity contribution is -0.116. The van der Waals surface area contributed by atoms with E-state index in [0.717, 1.165) is 17.0 Å². The van der Waals surface area contributed by atoms with Gasteiger partial charge in [-0.3, -0.25) is 14.4 Å². The van der Waals surface area contributed by atoms with E-state index >= 15 is 0 Å². The highest BCUT2D eigenvalue weighted by atomic mass is 35.5. The molecule has 4 aromatic rings. The van der Waals surface area contributed by atoms with Crippen LogP contribution in [0, 0.1) is 0 Å². The molecular weight excluding hydrogens is 577 g/mol. The van der Waals surface area contributed by atoms with Crippen LogP contribution in [0.3, 0.4) is 0 Å². The molecule has 0 saturated carbocycles. The lowest BCUT2D eigenvalue weighted by Crippen LogP contribution is -2.30. The number of amides is 3. The maximum Gasteiger partial charge on any atom is 0.272 e. The van der Waals surface area contributed by atoms with Crippen molar-refractivity contribution >= 4 is 70.1 Å². The molecule has 5 rings (SSSR count). The fourth-order valence-corrected chi connectivity index (χ4v) is 5.69. The van der Waals surface area contributed by atoms with Crippen LogP contribution in [0.5, 0.6) is 0 Å². The Labute approximate surface area is 252 Å². The predicted octanol–water partition coefficient (Wildman–Crippen LogP) is 7.08. The summed E-state index contributed by atoms with van der Waals surface area (Å²) in [4.78, 5) is 41.9. The van der Waals surface area contributed by atoms with Crippen molar-refractivity contribution in [3.63, 3.8) is 0 Å². The number of hydrogen-bond acceptors (Lipinski definition) is 4. The maximum absolute atomic E-state index is 13.4. The lowest BCUT2D eigenvalue weighted by atomic mass is 10.1. The Morgan fingerprint density at radius 2 is 1.66 bits per heavy atom. The lowest BCUT2D eigenvalue weighted by Gasteiger charge is -2.17. The quantitative estimate of drug-likeness (QED) is 0.167. The molecule has 0 unspecified atom stereocenters. The van der Waals surface area contributed by atoms with Gasteiger partial charge in [0.15, 0.2) is 0 Å².